The van der Waals surface area contributed by atoms with Crippen LogP contribution in [0.5, 0.6) is 0 Å². The molecular weight excluding hydrogens is 460 g/mol. The zero-order valence-corrected chi connectivity index (χ0v) is 21.8. The maximum atomic E-state index is 12.5. The Morgan fingerprint density at radius 3 is 2.26 bits per heavy atom. The van der Waals surface area contributed by atoms with Crippen LogP contribution in [0.4, 0.5) is 5.69 Å². The molecular formula is C27H38N4O3S. The van der Waals surface area contributed by atoms with E-state index in [4.69, 9.17) is 0 Å². The molecule has 0 saturated carbocycles. The Labute approximate surface area is 210 Å². The summed E-state index contributed by atoms with van der Waals surface area (Å²) in [6, 6.07) is 19.1. The highest BCUT2D eigenvalue weighted by Crippen LogP contribution is 2.27. The second-order valence-electron chi connectivity index (χ2n) is 9.78. The summed E-state index contributed by atoms with van der Waals surface area (Å²) in [5.41, 5.74) is 3.41. The zero-order chi connectivity index (χ0) is 24.8. The lowest BCUT2D eigenvalue weighted by Crippen LogP contribution is -2.47. The number of para-hydroxylation sites is 1. The molecule has 190 valence electrons. The maximum Gasteiger partial charge on any atom is 0.223 e. The second kappa shape index (κ2) is 11.6. The quantitative estimate of drug-likeness (QED) is 0.648. The largest absolute Gasteiger partial charge is 0.312 e. The smallest absolute Gasteiger partial charge is 0.223 e. The average Bonchev–Trinajstić information content (AvgIpc) is 2.87. The van der Waals surface area contributed by atoms with Crippen LogP contribution in [-0.2, 0) is 27.9 Å². The molecule has 0 aromatic heterocycles. The van der Waals surface area contributed by atoms with Gasteiger partial charge in [-0.1, -0.05) is 48.5 Å². The van der Waals surface area contributed by atoms with E-state index >= 15 is 0 Å². The predicted octanol–water partition coefficient (Wildman–Crippen LogP) is 3.17. The van der Waals surface area contributed by atoms with Gasteiger partial charge in [-0.25, -0.2) is 12.7 Å². The number of anilines is 1. The van der Waals surface area contributed by atoms with E-state index in [0.717, 1.165) is 43.7 Å². The molecule has 0 spiro atoms. The van der Waals surface area contributed by atoms with Crippen LogP contribution in [0.15, 0.2) is 54.6 Å². The molecule has 2 aliphatic rings. The monoisotopic (exact) mass is 498 g/mol. The van der Waals surface area contributed by atoms with Gasteiger partial charge in [0, 0.05) is 57.9 Å². The Bertz CT molecular complexity index is 1080. The summed E-state index contributed by atoms with van der Waals surface area (Å²) in [7, 11) is -3.31. The van der Waals surface area contributed by atoms with E-state index < -0.39 is 10.0 Å². The van der Waals surface area contributed by atoms with Crippen molar-refractivity contribution >= 4 is 21.6 Å². The van der Waals surface area contributed by atoms with Gasteiger partial charge < -0.3 is 4.90 Å². The van der Waals surface area contributed by atoms with Crippen molar-refractivity contribution in [1.29, 1.82) is 0 Å². The summed E-state index contributed by atoms with van der Waals surface area (Å²) in [4.78, 5) is 19.3. The van der Waals surface area contributed by atoms with Gasteiger partial charge in [0.1, 0.15) is 0 Å². The van der Waals surface area contributed by atoms with E-state index in [9.17, 15) is 13.2 Å². The number of likely N-dealkylation sites (tertiary alicyclic amines) is 1. The van der Waals surface area contributed by atoms with Gasteiger partial charge in [-0.2, -0.15) is 0 Å². The number of nitrogens with zero attached hydrogens (tertiary/aromatic N) is 4. The van der Waals surface area contributed by atoms with Crippen molar-refractivity contribution in [2.75, 3.05) is 50.4 Å². The first kappa shape index (κ1) is 25.8. The van der Waals surface area contributed by atoms with E-state index in [1.165, 1.54) is 11.8 Å². The van der Waals surface area contributed by atoms with Gasteiger partial charge in [0.05, 0.1) is 6.26 Å². The third kappa shape index (κ3) is 6.91. The number of hydrogen-bond donors (Lipinski definition) is 0. The Hall–Kier alpha value is -2.26. The van der Waals surface area contributed by atoms with Crippen molar-refractivity contribution in [3.05, 3.63) is 65.7 Å². The predicted molar refractivity (Wildman–Crippen MR) is 141 cm³/mol. The first-order valence-corrected chi connectivity index (χ1v) is 14.5. The fourth-order valence-electron chi connectivity index (χ4n) is 5.34. The number of sulfonamides is 1. The topological polar surface area (TPSA) is 64.2 Å². The van der Waals surface area contributed by atoms with Crippen molar-refractivity contribution in [3.8, 4) is 0 Å². The molecule has 1 amide bonds. The number of piperidine rings is 1. The van der Waals surface area contributed by atoms with Gasteiger partial charge >= 0.3 is 0 Å². The van der Waals surface area contributed by atoms with E-state index in [2.05, 4.69) is 46.2 Å². The highest BCUT2D eigenvalue weighted by atomic mass is 32.2. The lowest BCUT2D eigenvalue weighted by molar-refractivity contribution is -0.116. The van der Waals surface area contributed by atoms with Crippen LogP contribution < -0.4 is 4.90 Å². The molecule has 0 atom stereocenters. The van der Waals surface area contributed by atoms with Gasteiger partial charge in [-0.15, -0.1) is 0 Å². The third-order valence-corrected chi connectivity index (χ3v) is 8.56. The number of amides is 1. The van der Waals surface area contributed by atoms with E-state index in [-0.39, 0.29) is 5.91 Å². The number of carbonyl (C=O) groups excluding carboxylic acids is 1. The van der Waals surface area contributed by atoms with Gasteiger partial charge in [0.15, 0.2) is 0 Å². The fourth-order valence-corrected chi connectivity index (χ4v) is 6.21. The Morgan fingerprint density at radius 2 is 1.57 bits per heavy atom. The van der Waals surface area contributed by atoms with Gasteiger partial charge in [-0.3, -0.25) is 14.6 Å². The number of hydrogen-bond acceptors (Lipinski definition) is 5. The van der Waals surface area contributed by atoms with E-state index in [1.54, 1.807) is 11.2 Å². The molecule has 1 fully saturated rings. The molecule has 0 aliphatic carbocycles. The molecule has 0 N–H and O–H groups in total. The minimum atomic E-state index is -3.31. The first-order chi connectivity index (χ1) is 16.8. The zero-order valence-electron chi connectivity index (χ0n) is 21.0. The molecule has 1 saturated heterocycles. The van der Waals surface area contributed by atoms with Crippen LogP contribution in [-0.4, -0.2) is 80.0 Å². The molecule has 2 aromatic carbocycles. The standard InChI is InChI=1S/C27H38N4O3S/c1-23(32)31-16-8-15-30(35(2,33)34)20-19-29(22-25-11-6-7-12-27(25)31)26-13-17-28(18-14-26)21-24-9-4-3-5-10-24/h3-7,9-12,26H,8,13-22H2,1-2H3. The summed E-state index contributed by atoms with van der Waals surface area (Å²) in [6.45, 7) is 7.40. The summed E-state index contributed by atoms with van der Waals surface area (Å²) in [6.07, 6.45) is 3.99. The Balaban J connectivity index is 1.53. The van der Waals surface area contributed by atoms with Crippen LogP contribution in [0.25, 0.3) is 0 Å². The lowest BCUT2D eigenvalue weighted by Gasteiger charge is -2.39. The fraction of sp³-hybridized carbons (Fsp3) is 0.519. The molecule has 0 unspecified atom stereocenters. The second-order valence-corrected chi connectivity index (χ2v) is 11.8. The van der Waals surface area contributed by atoms with Crippen LogP contribution >= 0.6 is 0 Å². The van der Waals surface area contributed by atoms with Crippen molar-refractivity contribution < 1.29 is 13.2 Å². The Morgan fingerprint density at radius 1 is 0.886 bits per heavy atom. The van der Waals surface area contributed by atoms with Crippen LogP contribution in [0.2, 0.25) is 0 Å². The molecule has 0 bridgehead atoms. The maximum absolute atomic E-state index is 12.5. The van der Waals surface area contributed by atoms with E-state index in [1.807, 2.05) is 23.1 Å². The number of fused-ring (bicyclic) bond motifs is 1. The van der Waals surface area contributed by atoms with Crippen molar-refractivity contribution in [1.82, 2.24) is 14.1 Å². The van der Waals surface area contributed by atoms with Gasteiger partial charge in [0.25, 0.3) is 0 Å². The first-order valence-electron chi connectivity index (χ1n) is 12.6. The molecule has 7 nitrogen and oxygen atoms in total. The minimum absolute atomic E-state index is 0.0108. The minimum Gasteiger partial charge on any atom is -0.312 e. The molecule has 4 rings (SSSR count). The number of benzene rings is 2. The van der Waals surface area contributed by atoms with Crippen molar-refractivity contribution in [2.45, 2.75) is 45.3 Å². The van der Waals surface area contributed by atoms with Crippen LogP contribution in [0.1, 0.15) is 37.3 Å². The van der Waals surface area contributed by atoms with Crippen molar-refractivity contribution in [2.24, 2.45) is 0 Å². The van der Waals surface area contributed by atoms with Gasteiger partial charge in [-0.05, 0) is 49.5 Å². The molecule has 35 heavy (non-hydrogen) atoms. The van der Waals surface area contributed by atoms with E-state index in [0.29, 0.717) is 45.2 Å². The molecule has 8 heteroatoms. The summed E-state index contributed by atoms with van der Waals surface area (Å²) in [5.74, 6) is -0.0108. The highest BCUT2D eigenvalue weighted by Gasteiger charge is 2.28. The molecule has 0 radical (unpaired) electrons. The summed E-state index contributed by atoms with van der Waals surface area (Å²) < 4.78 is 26.6. The Kier molecular flexibility index (Phi) is 8.59. The number of rotatable bonds is 4. The van der Waals surface area contributed by atoms with Crippen LogP contribution in [0.3, 0.4) is 0 Å². The lowest BCUT2D eigenvalue weighted by atomic mass is 10.0. The van der Waals surface area contributed by atoms with Gasteiger partial charge in [0.2, 0.25) is 15.9 Å². The third-order valence-electron chi connectivity index (χ3n) is 7.25. The average molecular weight is 499 g/mol. The SMILES string of the molecule is CC(=O)N1CCCN(S(C)(=O)=O)CCN(C2CCN(Cc3ccccc3)CC2)Cc2ccccc21. The molecule has 2 heterocycles. The number of carbonyl (C=O) groups is 1. The molecule has 2 aromatic rings. The van der Waals surface area contributed by atoms with Crippen molar-refractivity contribution in [3.63, 3.8) is 0 Å². The van der Waals surface area contributed by atoms with Crippen LogP contribution in [0, 0.1) is 0 Å². The molecule has 2 aliphatic heterocycles. The highest BCUT2D eigenvalue weighted by molar-refractivity contribution is 7.88. The summed E-state index contributed by atoms with van der Waals surface area (Å²) >= 11 is 0. The normalized spacial score (nSPS) is 20.2. The summed E-state index contributed by atoms with van der Waals surface area (Å²) in [5, 5.41) is 0.